The molecule has 60 heavy (non-hydrogen) atoms. The molecular formula is C38H30N6O13S3. The summed E-state index contributed by atoms with van der Waals surface area (Å²) in [5.74, 6) is 0.403. The van der Waals surface area contributed by atoms with Crippen molar-refractivity contribution in [2.75, 3.05) is 12.4 Å². The molecule has 0 bridgehead atoms. The van der Waals surface area contributed by atoms with Gasteiger partial charge in [0.05, 0.1) is 23.4 Å². The Morgan fingerprint density at radius 2 is 1.35 bits per heavy atom. The lowest BCUT2D eigenvalue weighted by Gasteiger charge is -2.10. The number of anilines is 2. The summed E-state index contributed by atoms with van der Waals surface area (Å²) in [6, 6.07) is 32.5. The third-order valence-corrected chi connectivity index (χ3v) is 8.81. The number of nitro benzene ring substituents is 1. The number of phenols is 1. The predicted octanol–water partition coefficient (Wildman–Crippen LogP) is 8.75. The topological polar surface area (TPSA) is 291 Å². The Bertz CT molecular complexity index is 2940. The maximum Gasteiger partial charge on any atom is 0.425 e. The van der Waals surface area contributed by atoms with Crippen molar-refractivity contribution in [2.45, 2.75) is 11.8 Å². The van der Waals surface area contributed by atoms with E-state index in [-0.39, 0.29) is 11.3 Å². The average molecular weight is 875 g/mol. The minimum absolute atomic E-state index is 0.00401. The Balaban J connectivity index is 0.000000911. The van der Waals surface area contributed by atoms with Gasteiger partial charge in [0.1, 0.15) is 22.0 Å². The quantitative estimate of drug-likeness (QED) is 0.0360. The summed E-state index contributed by atoms with van der Waals surface area (Å²) >= 11 is 0. The fraction of sp³-hybridized carbons (Fsp3) is 0.0526. The standard InChI is InChI=1S/C38H30N6O7S.2O3S/c1-24-20-35(43-41-33-19-13-27-21-30(16-18-32(27)38(33)45)39-28-6-4-3-5-7-28)36(51-2)23-34(24)42-40-29-14-9-25(10-15-29)8-11-26-12-17-31(44(46)47)22-37(26)52(48,49)50;2*1-4(2)3/h3-23,39,45H,1-2H3,(H,48,49,50);;. The number of fused-ring (bicyclic) bond motifs is 1. The molecule has 0 spiro atoms. The maximum atomic E-state index is 11.8. The van der Waals surface area contributed by atoms with Gasteiger partial charge in [-0.05, 0) is 89.7 Å². The number of benzene rings is 6. The van der Waals surface area contributed by atoms with Gasteiger partial charge >= 0.3 is 21.2 Å². The molecule has 0 fully saturated rings. The summed E-state index contributed by atoms with van der Waals surface area (Å²) in [4.78, 5) is 9.73. The molecule has 0 aliphatic carbocycles. The van der Waals surface area contributed by atoms with Crippen LogP contribution >= 0.6 is 0 Å². The molecule has 22 heteroatoms. The second-order valence-corrected chi connectivity index (χ2v) is 14.1. The zero-order valence-electron chi connectivity index (χ0n) is 31.0. The first kappa shape index (κ1) is 45.2. The second kappa shape index (κ2) is 20.8. The number of azo groups is 2. The number of ether oxygens (including phenoxy) is 1. The molecule has 0 aromatic heterocycles. The Kier molecular flexibility index (Phi) is 15.6. The fourth-order valence-electron chi connectivity index (χ4n) is 5.22. The Morgan fingerprint density at radius 3 is 1.97 bits per heavy atom. The largest absolute Gasteiger partial charge is 0.505 e. The second-order valence-electron chi connectivity index (χ2n) is 11.9. The summed E-state index contributed by atoms with van der Waals surface area (Å²) in [5.41, 5.74) is 4.68. The molecule has 6 aromatic carbocycles. The molecule has 0 saturated carbocycles. The van der Waals surface area contributed by atoms with E-state index in [0.717, 1.165) is 34.5 Å². The molecule has 0 saturated heterocycles. The highest BCUT2D eigenvalue weighted by Gasteiger charge is 2.19. The van der Waals surface area contributed by atoms with Gasteiger partial charge < -0.3 is 15.2 Å². The number of para-hydroxylation sites is 1. The van der Waals surface area contributed by atoms with Crippen molar-refractivity contribution in [1.29, 1.82) is 0 Å². The third-order valence-electron chi connectivity index (χ3n) is 7.90. The molecule has 0 unspecified atom stereocenters. The molecule has 0 aliphatic rings. The molecule has 6 rings (SSSR count). The van der Waals surface area contributed by atoms with Crippen LogP contribution in [0.5, 0.6) is 11.5 Å². The van der Waals surface area contributed by atoms with Crippen molar-refractivity contribution in [3.8, 4) is 11.5 Å². The van der Waals surface area contributed by atoms with E-state index in [9.17, 15) is 28.2 Å². The monoisotopic (exact) mass is 874 g/mol. The summed E-state index contributed by atoms with van der Waals surface area (Å²) in [6.07, 6.45) is 3.02. The number of non-ortho nitro benzene ring substituents is 1. The van der Waals surface area contributed by atoms with E-state index in [0.29, 0.717) is 39.4 Å². The molecule has 0 amide bonds. The van der Waals surface area contributed by atoms with Gasteiger partial charge in [0.15, 0.2) is 5.75 Å². The summed E-state index contributed by atoms with van der Waals surface area (Å²) in [6.45, 7) is 1.84. The van der Waals surface area contributed by atoms with Crippen molar-refractivity contribution in [1.82, 2.24) is 0 Å². The molecule has 0 radical (unpaired) electrons. The highest BCUT2D eigenvalue weighted by molar-refractivity contribution is 7.86. The first-order valence-corrected chi connectivity index (χ1v) is 20.1. The number of nitro groups is 1. The average Bonchev–Trinajstić information content (AvgIpc) is 3.19. The summed E-state index contributed by atoms with van der Waals surface area (Å²) in [7, 11) is -9.42. The third kappa shape index (κ3) is 13.3. The number of hydrogen-bond donors (Lipinski definition) is 3. The van der Waals surface area contributed by atoms with E-state index in [2.05, 4.69) is 25.8 Å². The van der Waals surface area contributed by atoms with Crippen LogP contribution < -0.4 is 10.1 Å². The van der Waals surface area contributed by atoms with Crippen LogP contribution in [0.4, 0.5) is 39.8 Å². The predicted molar refractivity (Wildman–Crippen MR) is 219 cm³/mol. The van der Waals surface area contributed by atoms with E-state index in [1.54, 1.807) is 48.5 Å². The molecule has 308 valence electrons. The Hall–Kier alpha value is -7.53. The van der Waals surface area contributed by atoms with E-state index >= 15 is 0 Å². The fourth-order valence-corrected chi connectivity index (χ4v) is 5.92. The molecule has 0 atom stereocenters. The SMILES string of the molecule is COc1cc(N=Nc2ccc(C=Cc3ccc([N+](=O)[O-])cc3S(=O)(=O)O)cc2)c(C)cc1N=Nc1ccc2cc(Nc3ccccc3)ccc2c1O.O=S(=O)=O.O=S(=O)=O. The molecule has 0 heterocycles. The molecule has 19 nitrogen and oxygen atoms in total. The van der Waals surface area contributed by atoms with Crippen molar-refractivity contribution >= 4 is 94.1 Å². The maximum absolute atomic E-state index is 11.8. The zero-order valence-corrected chi connectivity index (χ0v) is 33.4. The Labute approximate surface area is 344 Å². The minimum atomic E-state index is -4.70. The van der Waals surface area contributed by atoms with Crippen molar-refractivity contribution < 1.29 is 53.0 Å². The zero-order chi connectivity index (χ0) is 44.0. The minimum Gasteiger partial charge on any atom is -0.505 e. The first-order chi connectivity index (χ1) is 28.4. The molecule has 6 aromatic rings. The lowest BCUT2D eigenvalue weighted by molar-refractivity contribution is -0.385. The van der Waals surface area contributed by atoms with E-state index in [1.807, 2.05) is 61.5 Å². The van der Waals surface area contributed by atoms with Crippen LogP contribution in [0.1, 0.15) is 16.7 Å². The Morgan fingerprint density at radius 1 is 0.717 bits per heavy atom. The van der Waals surface area contributed by atoms with Crippen molar-refractivity contribution in [3.05, 3.63) is 142 Å². The summed E-state index contributed by atoms with van der Waals surface area (Å²) < 4.78 is 89.4. The van der Waals surface area contributed by atoms with E-state index in [4.69, 9.17) is 30.0 Å². The van der Waals surface area contributed by atoms with Gasteiger partial charge in [-0.3, -0.25) is 14.7 Å². The number of hydrogen-bond acceptors (Lipinski definition) is 17. The number of rotatable bonds is 11. The van der Waals surface area contributed by atoms with Crippen LogP contribution in [0, 0.1) is 17.0 Å². The summed E-state index contributed by atoms with van der Waals surface area (Å²) in [5, 5.41) is 44.2. The highest BCUT2D eigenvalue weighted by atomic mass is 32.2. The van der Waals surface area contributed by atoms with Gasteiger partial charge in [-0.25, -0.2) is 0 Å². The van der Waals surface area contributed by atoms with Gasteiger partial charge in [0.2, 0.25) is 0 Å². The van der Waals surface area contributed by atoms with Crippen LogP contribution in [0.25, 0.3) is 22.9 Å². The molecule has 3 N–H and O–H groups in total. The normalized spacial score (nSPS) is 11.1. The molecular weight excluding hydrogens is 845 g/mol. The lowest BCUT2D eigenvalue weighted by atomic mass is 10.1. The highest BCUT2D eigenvalue weighted by Crippen LogP contribution is 2.40. The first-order valence-electron chi connectivity index (χ1n) is 16.6. The lowest BCUT2D eigenvalue weighted by Crippen LogP contribution is -2.02. The van der Waals surface area contributed by atoms with Gasteiger partial charge in [-0.1, -0.05) is 48.6 Å². The van der Waals surface area contributed by atoms with Crippen molar-refractivity contribution in [2.24, 2.45) is 20.5 Å². The number of phenolic OH excluding ortho intramolecular Hbond substituents is 1. The van der Waals surface area contributed by atoms with Gasteiger partial charge in [0, 0.05) is 35.0 Å². The van der Waals surface area contributed by atoms with Gasteiger partial charge in [-0.15, -0.1) is 35.5 Å². The van der Waals surface area contributed by atoms with Crippen LogP contribution in [0.15, 0.2) is 141 Å². The number of aromatic hydroxyl groups is 1. The van der Waals surface area contributed by atoms with Crippen LogP contribution in [-0.4, -0.2) is 55.4 Å². The van der Waals surface area contributed by atoms with Gasteiger partial charge in [-0.2, -0.15) is 18.6 Å². The van der Waals surface area contributed by atoms with E-state index < -0.39 is 46.8 Å². The number of methoxy groups -OCH3 is 1. The smallest absolute Gasteiger partial charge is 0.425 e. The van der Waals surface area contributed by atoms with Crippen LogP contribution in [-0.2, 0) is 31.3 Å². The number of nitrogens with zero attached hydrogens (tertiary/aromatic N) is 5. The number of nitrogens with one attached hydrogen (secondary N) is 1. The molecule has 0 aliphatic heterocycles. The van der Waals surface area contributed by atoms with Crippen LogP contribution in [0.3, 0.4) is 0 Å². The van der Waals surface area contributed by atoms with E-state index in [1.165, 1.54) is 19.3 Å². The van der Waals surface area contributed by atoms with Gasteiger partial charge in [0.25, 0.3) is 15.8 Å². The van der Waals surface area contributed by atoms with Crippen molar-refractivity contribution in [3.63, 3.8) is 0 Å². The van der Waals surface area contributed by atoms with Crippen LogP contribution in [0.2, 0.25) is 0 Å². The number of aryl methyl sites for hydroxylation is 1.